The van der Waals surface area contributed by atoms with E-state index < -0.39 is 5.91 Å². The largest absolute Gasteiger partial charge is 0.493 e. The van der Waals surface area contributed by atoms with Gasteiger partial charge >= 0.3 is 0 Å². The van der Waals surface area contributed by atoms with Crippen LogP contribution < -0.4 is 14.8 Å². The molecule has 2 aromatic rings. The lowest BCUT2D eigenvalue weighted by Crippen LogP contribution is -2.34. The summed E-state index contributed by atoms with van der Waals surface area (Å²) in [7, 11) is 1.47. The van der Waals surface area contributed by atoms with Crippen LogP contribution in [0.2, 0.25) is 0 Å². The average Bonchev–Trinajstić information content (AvgIpc) is 3.24. The molecule has 9 heteroatoms. The Morgan fingerprint density at radius 1 is 1.31 bits per heavy atom. The molecule has 1 N–H and O–H groups in total. The second-order valence-corrected chi connectivity index (χ2v) is 6.62. The monoisotopic (exact) mass is 414 g/mol. The zero-order valence-electron chi connectivity index (χ0n) is 16.5. The Morgan fingerprint density at radius 3 is 2.66 bits per heavy atom. The first-order valence-electron chi connectivity index (χ1n) is 8.93. The predicted molar refractivity (Wildman–Crippen MR) is 111 cm³/mol. The highest BCUT2D eigenvalue weighted by atomic mass is 32.1. The summed E-state index contributed by atoms with van der Waals surface area (Å²) in [6.07, 6.45) is 3.00. The number of thiazole rings is 1. The second-order valence-electron chi connectivity index (χ2n) is 5.73. The lowest BCUT2D eigenvalue weighted by molar-refractivity contribution is -0.133. The van der Waals surface area contributed by atoms with Crippen LogP contribution in [0.3, 0.4) is 0 Å². The van der Waals surface area contributed by atoms with Crippen LogP contribution in [0.4, 0.5) is 5.13 Å². The van der Waals surface area contributed by atoms with E-state index in [4.69, 9.17) is 9.47 Å². The number of anilines is 1. The zero-order valence-corrected chi connectivity index (χ0v) is 17.3. The van der Waals surface area contributed by atoms with Crippen LogP contribution in [-0.4, -0.2) is 48.5 Å². The highest BCUT2D eigenvalue weighted by Crippen LogP contribution is 2.29. The zero-order chi connectivity index (χ0) is 21.2. The summed E-state index contributed by atoms with van der Waals surface area (Å²) in [5, 5.41) is 14.0. The Balaban J connectivity index is 2.14. The van der Waals surface area contributed by atoms with Gasteiger partial charge in [0.2, 0.25) is 0 Å². The fourth-order valence-corrected chi connectivity index (χ4v) is 2.99. The molecule has 0 saturated carbocycles. The van der Waals surface area contributed by atoms with Crippen molar-refractivity contribution in [2.75, 3.05) is 32.1 Å². The van der Waals surface area contributed by atoms with E-state index in [1.165, 1.54) is 24.5 Å². The van der Waals surface area contributed by atoms with Gasteiger partial charge in [-0.1, -0.05) is 6.07 Å². The van der Waals surface area contributed by atoms with Crippen LogP contribution in [0, 0.1) is 11.3 Å². The molecule has 2 rings (SSSR count). The molecule has 1 heterocycles. The van der Waals surface area contributed by atoms with E-state index in [-0.39, 0.29) is 18.1 Å². The number of methoxy groups -OCH3 is 1. The molecule has 29 heavy (non-hydrogen) atoms. The fourth-order valence-electron chi connectivity index (χ4n) is 2.47. The average molecular weight is 414 g/mol. The van der Waals surface area contributed by atoms with Crippen molar-refractivity contribution >= 4 is 34.4 Å². The Hall–Kier alpha value is -3.38. The summed E-state index contributed by atoms with van der Waals surface area (Å²) in [5.41, 5.74) is 0.503. The number of carbonyl (C=O) groups is 2. The topological polar surface area (TPSA) is 105 Å². The third kappa shape index (κ3) is 6.05. The molecule has 0 spiro atoms. The van der Waals surface area contributed by atoms with Crippen LogP contribution >= 0.6 is 11.3 Å². The first kappa shape index (κ1) is 21.9. The van der Waals surface area contributed by atoms with Gasteiger partial charge in [0.25, 0.3) is 11.8 Å². The van der Waals surface area contributed by atoms with Crippen molar-refractivity contribution in [2.45, 2.75) is 13.8 Å². The van der Waals surface area contributed by atoms with Crippen molar-refractivity contribution in [3.05, 3.63) is 40.9 Å². The normalized spacial score (nSPS) is 10.8. The molecule has 0 fully saturated rings. The van der Waals surface area contributed by atoms with Crippen molar-refractivity contribution in [1.82, 2.24) is 9.88 Å². The van der Waals surface area contributed by atoms with Crippen LogP contribution in [0.1, 0.15) is 19.4 Å². The van der Waals surface area contributed by atoms with Crippen LogP contribution in [-0.2, 0) is 9.59 Å². The molecular weight excluding hydrogens is 392 g/mol. The number of benzene rings is 1. The Bertz CT molecular complexity index is 915. The number of rotatable bonds is 9. The van der Waals surface area contributed by atoms with Crippen molar-refractivity contribution in [3.63, 3.8) is 0 Å². The number of hydrogen-bond donors (Lipinski definition) is 1. The number of aromatic nitrogens is 1. The summed E-state index contributed by atoms with van der Waals surface area (Å²) in [5.74, 6) is 0.123. The number of nitrogens with zero attached hydrogens (tertiary/aromatic N) is 3. The number of hydrogen-bond acceptors (Lipinski definition) is 7. The standard InChI is InChI=1S/C20H22N4O4S/c1-4-24(5-2)18(25)13-28-16-7-6-14(11-17(16)27-3)10-15(12-21)19(26)23-20-22-8-9-29-20/h6-11H,4-5,13H2,1-3H3,(H,22,23,26)/b15-10+. The smallest absolute Gasteiger partial charge is 0.268 e. The van der Waals surface area contributed by atoms with Crippen molar-refractivity contribution in [2.24, 2.45) is 0 Å². The molecule has 0 saturated heterocycles. The van der Waals surface area contributed by atoms with Gasteiger partial charge in [-0.2, -0.15) is 5.26 Å². The van der Waals surface area contributed by atoms with E-state index in [1.54, 1.807) is 34.7 Å². The van der Waals surface area contributed by atoms with Crippen LogP contribution in [0.5, 0.6) is 11.5 Å². The van der Waals surface area contributed by atoms with E-state index in [1.807, 2.05) is 19.9 Å². The van der Waals surface area contributed by atoms with Gasteiger partial charge in [0, 0.05) is 24.7 Å². The number of carbonyl (C=O) groups excluding carboxylic acids is 2. The molecule has 0 aliphatic carbocycles. The first-order chi connectivity index (χ1) is 14.0. The maximum Gasteiger partial charge on any atom is 0.268 e. The summed E-state index contributed by atoms with van der Waals surface area (Å²) in [6, 6.07) is 6.82. The Morgan fingerprint density at radius 2 is 2.07 bits per heavy atom. The van der Waals surface area contributed by atoms with Gasteiger partial charge in [-0.05, 0) is 37.6 Å². The Kier molecular flexibility index (Phi) is 8.18. The summed E-state index contributed by atoms with van der Waals surface area (Å²) >= 11 is 1.26. The molecule has 1 aromatic heterocycles. The molecule has 0 atom stereocenters. The van der Waals surface area contributed by atoms with Crippen LogP contribution in [0.15, 0.2) is 35.3 Å². The minimum absolute atomic E-state index is 0.0763. The molecule has 0 bridgehead atoms. The van der Waals surface area contributed by atoms with E-state index >= 15 is 0 Å². The molecule has 152 valence electrons. The van der Waals surface area contributed by atoms with Crippen molar-refractivity contribution in [1.29, 1.82) is 5.26 Å². The number of likely N-dealkylation sites (N-methyl/N-ethyl adjacent to an activating group) is 1. The molecule has 2 amide bonds. The van der Waals surface area contributed by atoms with E-state index in [0.29, 0.717) is 35.3 Å². The van der Waals surface area contributed by atoms with Gasteiger partial charge in [-0.25, -0.2) is 4.98 Å². The molecular formula is C20H22N4O4S. The molecule has 1 aromatic carbocycles. The van der Waals surface area contributed by atoms with Gasteiger partial charge in [-0.15, -0.1) is 11.3 Å². The summed E-state index contributed by atoms with van der Waals surface area (Å²) in [6.45, 7) is 4.92. The molecule has 0 aliphatic rings. The van der Waals surface area contributed by atoms with Crippen LogP contribution in [0.25, 0.3) is 6.08 Å². The lowest BCUT2D eigenvalue weighted by Gasteiger charge is -2.19. The lowest BCUT2D eigenvalue weighted by atomic mass is 10.1. The van der Waals surface area contributed by atoms with E-state index in [9.17, 15) is 14.9 Å². The van der Waals surface area contributed by atoms with Gasteiger partial charge < -0.3 is 14.4 Å². The third-order valence-electron chi connectivity index (χ3n) is 3.98. The van der Waals surface area contributed by atoms with Gasteiger partial charge in [0.15, 0.2) is 23.2 Å². The quantitative estimate of drug-likeness (QED) is 0.500. The van der Waals surface area contributed by atoms with E-state index in [2.05, 4.69) is 10.3 Å². The maximum atomic E-state index is 12.2. The highest BCUT2D eigenvalue weighted by molar-refractivity contribution is 7.13. The SMILES string of the molecule is CCN(CC)C(=O)COc1ccc(/C=C(\C#N)C(=O)Nc2nccs2)cc1OC. The highest BCUT2D eigenvalue weighted by Gasteiger charge is 2.14. The second kappa shape index (κ2) is 10.8. The molecule has 0 unspecified atom stereocenters. The molecule has 0 radical (unpaired) electrons. The number of ether oxygens (including phenoxy) is 2. The third-order valence-corrected chi connectivity index (χ3v) is 4.67. The minimum atomic E-state index is -0.549. The maximum absolute atomic E-state index is 12.2. The van der Waals surface area contributed by atoms with Crippen molar-refractivity contribution < 1.29 is 19.1 Å². The van der Waals surface area contributed by atoms with E-state index in [0.717, 1.165) is 0 Å². The minimum Gasteiger partial charge on any atom is -0.493 e. The molecule has 8 nitrogen and oxygen atoms in total. The fraction of sp³-hybridized carbons (Fsp3) is 0.300. The number of nitrogens with one attached hydrogen (secondary N) is 1. The van der Waals surface area contributed by atoms with Crippen molar-refractivity contribution in [3.8, 4) is 17.6 Å². The summed E-state index contributed by atoms with van der Waals surface area (Å²) < 4.78 is 10.9. The summed E-state index contributed by atoms with van der Waals surface area (Å²) in [4.78, 5) is 30.0. The molecule has 0 aliphatic heterocycles. The van der Waals surface area contributed by atoms with Gasteiger partial charge in [0.1, 0.15) is 11.6 Å². The predicted octanol–water partition coefficient (Wildman–Crippen LogP) is 2.94. The first-order valence-corrected chi connectivity index (χ1v) is 9.81. The number of nitriles is 1. The van der Waals surface area contributed by atoms with Gasteiger partial charge in [-0.3, -0.25) is 14.9 Å². The Labute approximate surface area is 173 Å². The van der Waals surface area contributed by atoms with Gasteiger partial charge in [0.05, 0.1) is 7.11 Å². The number of amides is 2.